The highest BCUT2D eigenvalue weighted by Crippen LogP contribution is 1.91. The molecular weight excluding hydrogens is 120 g/mol. The van der Waals surface area contributed by atoms with Crippen LogP contribution >= 0.6 is 0 Å². The van der Waals surface area contributed by atoms with E-state index in [0.717, 1.165) is 0 Å². The van der Waals surface area contributed by atoms with Gasteiger partial charge in [0.15, 0.2) is 6.29 Å². The molecule has 0 aliphatic carbocycles. The number of rotatable bonds is 4. The second-order valence-corrected chi connectivity index (χ2v) is 1.49. The fourth-order valence-corrected chi connectivity index (χ4v) is 0.347. The lowest BCUT2D eigenvalue weighted by Gasteiger charge is -2.01. The predicted octanol–water partition coefficient (Wildman–Crippen LogP) is 0.0964. The Balaban J connectivity index is 3.25. The summed E-state index contributed by atoms with van der Waals surface area (Å²) < 4.78 is 4.49. The molecule has 0 bridgehead atoms. The van der Waals surface area contributed by atoms with Crippen LogP contribution in [0.25, 0.3) is 0 Å². The Morgan fingerprint density at radius 1 is 1.78 bits per heavy atom. The van der Waals surface area contributed by atoms with Crippen LogP contribution in [-0.4, -0.2) is 24.8 Å². The van der Waals surface area contributed by atoms with Gasteiger partial charge in [-0.05, 0) is 6.08 Å². The first kappa shape index (κ1) is 8.33. The zero-order chi connectivity index (χ0) is 7.11. The van der Waals surface area contributed by atoms with Gasteiger partial charge >= 0.3 is 0 Å². The molecule has 1 N–H and O–H groups in total. The van der Waals surface area contributed by atoms with Gasteiger partial charge in [-0.15, -0.1) is 0 Å². The van der Waals surface area contributed by atoms with E-state index < -0.39 is 6.29 Å². The van der Waals surface area contributed by atoms with Gasteiger partial charge in [0, 0.05) is 13.5 Å². The number of aliphatic hydroxyl groups excluding tert-OH is 1. The Morgan fingerprint density at radius 2 is 2.44 bits per heavy atom. The van der Waals surface area contributed by atoms with Crippen molar-refractivity contribution >= 4 is 6.29 Å². The zero-order valence-electron chi connectivity index (χ0n) is 5.28. The first-order valence-corrected chi connectivity index (χ1v) is 2.62. The molecule has 1 unspecified atom stereocenters. The van der Waals surface area contributed by atoms with Gasteiger partial charge in [-0.3, -0.25) is 4.79 Å². The van der Waals surface area contributed by atoms with Crippen molar-refractivity contribution in [3.63, 3.8) is 0 Å². The normalized spacial score (nSPS) is 14.0. The van der Waals surface area contributed by atoms with E-state index in [-0.39, 0.29) is 0 Å². The molecule has 3 heteroatoms. The number of allylic oxidation sites excluding steroid dienone is 1. The monoisotopic (exact) mass is 130 g/mol. The van der Waals surface area contributed by atoms with E-state index in [0.29, 0.717) is 12.7 Å². The molecule has 0 aromatic carbocycles. The largest absolute Gasteiger partial charge is 0.368 e. The predicted molar refractivity (Wildman–Crippen MR) is 32.8 cm³/mol. The second kappa shape index (κ2) is 5.47. The maximum atomic E-state index is 9.67. The molecule has 0 saturated heterocycles. The van der Waals surface area contributed by atoms with E-state index >= 15 is 0 Å². The van der Waals surface area contributed by atoms with Crippen molar-refractivity contribution in [2.75, 3.05) is 7.11 Å². The second-order valence-electron chi connectivity index (χ2n) is 1.49. The number of carbonyl (C=O) groups excluding carboxylic acids is 1. The van der Waals surface area contributed by atoms with E-state index in [9.17, 15) is 4.79 Å². The third kappa shape index (κ3) is 5.20. The Bertz CT molecular complexity index is 98.5. The highest BCUT2D eigenvalue weighted by molar-refractivity contribution is 5.64. The summed E-state index contributed by atoms with van der Waals surface area (Å²) in [4.78, 5) is 9.67. The summed E-state index contributed by atoms with van der Waals surface area (Å²) in [5, 5.41) is 8.70. The van der Waals surface area contributed by atoms with Crippen LogP contribution in [0.4, 0.5) is 0 Å². The number of aliphatic hydroxyl groups is 1. The molecule has 0 spiro atoms. The summed E-state index contributed by atoms with van der Waals surface area (Å²) in [5.74, 6) is 0. The van der Waals surface area contributed by atoms with Gasteiger partial charge < -0.3 is 9.84 Å². The van der Waals surface area contributed by atoms with Crippen LogP contribution in [0.5, 0.6) is 0 Å². The fourth-order valence-electron chi connectivity index (χ4n) is 0.347. The minimum absolute atomic E-state index is 0.356. The van der Waals surface area contributed by atoms with Crippen molar-refractivity contribution in [1.82, 2.24) is 0 Å². The van der Waals surface area contributed by atoms with Crippen molar-refractivity contribution in [3.8, 4) is 0 Å². The number of methoxy groups -OCH3 is 1. The van der Waals surface area contributed by atoms with Crippen molar-refractivity contribution < 1.29 is 14.6 Å². The lowest BCUT2D eigenvalue weighted by atomic mass is 10.4. The van der Waals surface area contributed by atoms with Gasteiger partial charge in [-0.2, -0.15) is 0 Å². The van der Waals surface area contributed by atoms with Gasteiger partial charge in [0.05, 0.1) is 0 Å². The molecule has 0 radical (unpaired) electrons. The highest BCUT2D eigenvalue weighted by Gasteiger charge is 1.93. The quantitative estimate of drug-likeness (QED) is 0.333. The number of ether oxygens (including phenoxy) is 1. The van der Waals surface area contributed by atoms with Crippen molar-refractivity contribution in [2.24, 2.45) is 0 Å². The van der Waals surface area contributed by atoms with Crippen LogP contribution in [0.15, 0.2) is 12.2 Å². The van der Waals surface area contributed by atoms with E-state index in [1.54, 1.807) is 6.08 Å². The molecule has 0 aromatic rings. The summed E-state index contributed by atoms with van der Waals surface area (Å²) in [6.07, 6.45) is 3.09. The average Bonchev–Trinajstić information content (AvgIpc) is 1.89. The molecule has 0 fully saturated rings. The fraction of sp³-hybridized carbons (Fsp3) is 0.500. The molecule has 52 valence electrons. The van der Waals surface area contributed by atoms with Crippen LogP contribution in [0, 0.1) is 0 Å². The van der Waals surface area contributed by atoms with E-state index in [4.69, 9.17) is 5.11 Å². The zero-order valence-corrected chi connectivity index (χ0v) is 5.28. The summed E-state index contributed by atoms with van der Waals surface area (Å²) >= 11 is 0. The summed E-state index contributed by atoms with van der Waals surface area (Å²) in [5.41, 5.74) is 0. The molecule has 0 aliphatic rings. The molecule has 0 aromatic heterocycles. The molecule has 1 atom stereocenters. The lowest BCUT2D eigenvalue weighted by Crippen LogP contribution is -2.06. The summed E-state index contributed by atoms with van der Waals surface area (Å²) in [6.45, 7) is 0. The highest BCUT2D eigenvalue weighted by atomic mass is 16.6. The van der Waals surface area contributed by atoms with Crippen LogP contribution in [-0.2, 0) is 9.53 Å². The number of hydrogen-bond donors (Lipinski definition) is 1. The molecule has 0 saturated carbocycles. The van der Waals surface area contributed by atoms with Crippen molar-refractivity contribution in [3.05, 3.63) is 12.2 Å². The van der Waals surface area contributed by atoms with Crippen molar-refractivity contribution in [1.29, 1.82) is 0 Å². The number of hydrogen-bond acceptors (Lipinski definition) is 3. The molecule has 0 aliphatic heterocycles. The third-order valence-electron chi connectivity index (χ3n) is 0.824. The molecule has 0 heterocycles. The van der Waals surface area contributed by atoms with Gasteiger partial charge in [-0.1, -0.05) is 6.08 Å². The van der Waals surface area contributed by atoms with E-state index in [1.807, 2.05) is 0 Å². The first-order chi connectivity index (χ1) is 4.31. The Hall–Kier alpha value is -0.670. The molecule has 9 heavy (non-hydrogen) atoms. The smallest absolute Gasteiger partial charge is 0.157 e. The minimum Gasteiger partial charge on any atom is -0.368 e. The summed E-state index contributed by atoms with van der Waals surface area (Å²) in [7, 11) is 1.40. The third-order valence-corrected chi connectivity index (χ3v) is 0.824. The van der Waals surface area contributed by atoms with E-state index in [2.05, 4.69) is 4.74 Å². The van der Waals surface area contributed by atoms with E-state index in [1.165, 1.54) is 13.2 Å². The average molecular weight is 130 g/mol. The molecule has 0 amide bonds. The van der Waals surface area contributed by atoms with Gasteiger partial charge in [0.1, 0.15) is 6.29 Å². The Kier molecular flexibility index (Phi) is 5.06. The maximum Gasteiger partial charge on any atom is 0.157 e. The first-order valence-electron chi connectivity index (χ1n) is 2.62. The number of carbonyl (C=O) groups is 1. The van der Waals surface area contributed by atoms with Gasteiger partial charge in [0.2, 0.25) is 0 Å². The standard InChI is InChI=1S/C6H10O3/c1-9-6(8)4-2-3-5-7/h2-3,5-6,8H,4H2,1H3/b3-2+. The van der Waals surface area contributed by atoms with Crippen LogP contribution in [0.3, 0.4) is 0 Å². The van der Waals surface area contributed by atoms with Gasteiger partial charge in [0.25, 0.3) is 0 Å². The minimum atomic E-state index is -0.791. The molecule has 3 nitrogen and oxygen atoms in total. The number of aldehydes is 1. The maximum absolute atomic E-state index is 9.67. The van der Waals surface area contributed by atoms with Crippen molar-refractivity contribution in [2.45, 2.75) is 12.7 Å². The Labute approximate surface area is 53.9 Å². The Morgan fingerprint density at radius 3 is 2.89 bits per heavy atom. The van der Waals surface area contributed by atoms with Crippen LogP contribution in [0.2, 0.25) is 0 Å². The van der Waals surface area contributed by atoms with Gasteiger partial charge in [-0.25, -0.2) is 0 Å². The SMILES string of the molecule is COC(O)C/C=C/C=O. The molecular formula is C6H10O3. The van der Waals surface area contributed by atoms with Crippen LogP contribution in [0.1, 0.15) is 6.42 Å². The molecule has 0 rings (SSSR count). The topological polar surface area (TPSA) is 46.5 Å². The van der Waals surface area contributed by atoms with Crippen LogP contribution < -0.4 is 0 Å². The lowest BCUT2D eigenvalue weighted by molar-refractivity contribution is -0.104. The summed E-state index contributed by atoms with van der Waals surface area (Å²) in [6, 6.07) is 0.